The molecule has 0 saturated carbocycles. The lowest BCUT2D eigenvalue weighted by Gasteiger charge is -2.16. The van der Waals surface area contributed by atoms with Crippen molar-refractivity contribution in [3.8, 4) is 0 Å². The normalized spacial score (nSPS) is 20.1. The van der Waals surface area contributed by atoms with Crippen LogP contribution in [0, 0.1) is 5.82 Å². The topological polar surface area (TPSA) is 15.3 Å². The van der Waals surface area contributed by atoms with Gasteiger partial charge in [-0.25, -0.2) is 4.39 Å². The van der Waals surface area contributed by atoms with Crippen molar-refractivity contribution in [2.75, 3.05) is 25.5 Å². The maximum absolute atomic E-state index is 13.5. The highest BCUT2D eigenvalue weighted by molar-refractivity contribution is 5.48. The molecule has 1 aliphatic heterocycles. The van der Waals surface area contributed by atoms with Crippen molar-refractivity contribution in [1.82, 2.24) is 5.32 Å². The number of hydrogen-bond acceptors (Lipinski definition) is 2. The van der Waals surface area contributed by atoms with Crippen LogP contribution in [0.25, 0.3) is 0 Å². The molecule has 0 spiro atoms. The van der Waals surface area contributed by atoms with Crippen molar-refractivity contribution in [3.63, 3.8) is 0 Å². The third-order valence-electron chi connectivity index (χ3n) is 3.14. The Morgan fingerprint density at radius 3 is 2.88 bits per heavy atom. The highest BCUT2D eigenvalue weighted by Crippen LogP contribution is 2.21. The van der Waals surface area contributed by atoms with E-state index in [1.165, 1.54) is 18.4 Å². The fraction of sp³-hybridized carbons (Fsp3) is 0.538. The van der Waals surface area contributed by atoms with Crippen LogP contribution in [-0.2, 0) is 6.42 Å². The SMILES string of the molecule is CN(C)c1cc(CC2CCCN2)ccc1F. The van der Waals surface area contributed by atoms with E-state index in [4.69, 9.17) is 0 Å². The summed E-state index contributed by atoms with van der Waals surface area (Å²) in [5, 5.41) is 3.46. The lowest BCUT2D eigenvalue weighted by Crippen LogP contribution is -2.23. The van der Waals surface area contributed by atoms with Gasteiger partial charge in [0.25, 0.3) is 0 Å². The minimum atomic E-state index is -0.145. The molecular formula is C13H19FN2. The van der Waals surface area contributed by atoms with Gasteiger partial charge in [0, 0.05) is 20.1 Å². The molecular weight excluding hydrogens is 203 g/mol. The molecule has 88 valence electrons. The summed E-state index contributed by atoms with van der Waals surface area (Å²) in [6.07, 6.45) is 3.49. The Kier molecular flexibility index (Phi) is 3.44. The van der Waals surface area contributed by atoms with E-state index in [9.17, 15) is 4.39 Å². The molecule has 0 radical (unpaired) electrons. The van der Waals surface area contributed by atoms with Crippen molar-refractivity contribution in [2.24, 2.45) is 0 Å². The Balaban J connectivity index is 2.12. The Morgan fingerprint density at radius 1 is 1.44 bits per heavy atom. The molecule has 0 amide bonds. The van der Waals surface area contributed by atoms with E-state index in [2.05, 4.69) is 5.32 Å². The van der Waals surface area contributed by atoms with E-state index >= 15 is 0 Å². The van der Waals surface area contributed by atoms with Crippen LogP contribution in [-0.4, -0.2) is 26.7 Å². The fourth-order valence-corrected chi connectivity index (χ4v) is 2.24. The van der Waals surface area contributed by atoms with Gasteiger partial charge in [-0.3, -0.25) is 0 Å². The Morgan fingerprint density at radius 2 is 2.25 bits per heavy atom. The highest BCUT2D eigenvalue weighted by atomic mass is 19.1. The van der Waals surface area contributed by atoms with Crippen LogP contribution in [0.15, 0.2) is 18.2 Å². The van der Waals surface area contributed by atoms with Crippen LogP contribution in [0.2, 0.25) is 0 Å². The first-order valence-electron chi connectivity index (χ1n) is 5.86. The van der Waals surface area contributed by atoms with Gasteiger partial charge in [-0.05, 0) is 43.5 Å². The van der Waals surface area contributed by atoms with E-state index in [1.54, 1.807) is 6.07 Å². The largest absolute Gasteiger partial charge is 0.375 e. The molecule has 1 aromatic carbocycles. The Hall–Kier alpha value is -1.09. The maximum Gasteiger partial charge on any atom is 0.146 e. The molecule has 2 rings (SSSR count). The minimum Gasteiger partial charge on any atom is -0.375 e. The quantitative estimate of drug-likeness (QED) is 0.843. The predicted molar refractivity (Wildman–Crippen MR) is 65.5 cm³/mol. The van der Waals surface area contributed by atoms with Crippen LogP contribution >= 0.6 is 0 Å². The molecule has 1 saturated heterocycles. The molecule has 1 fully saturated rings. The second kappa shape index (κ2) is 4.83. The second-order valence-electron chi connectivity index (χ2n) is 4.68. The molecule has 1 heterocycles. The molecule has 0 aromatic heterocycles. The lowest BCUT2D eigenvalue weighted by atomic mass is 10.0. The number of nitrogens with one attached hydrogen (secondary N) is 1. The van der Waals surface area contributed by atoms with E-state index in [1.807, 2.05) is 31.1 Å². The number of anilines is 1. The third-order valence-corrected chi connectivity index (χ3v) is 3.14. The zero-order valence-electron chi connectivity index (χ0n) is 9.96. The van der Waals surface area contributed by atoms with Crippen LogP contribution in [0.4, 0.5) is 10.1 Å². The molecule has 2 nitrogen and oxygen atoms in total. The molecule has 0 bridgehead atoms. The van der Waals surface area contributed by atoms with E-state index in [0.717, 1.165) is 13.0 Å². The molecule has 1 aliphatic rings. The lowest BCUT2D eigenvalue weighted by molar-refractivity contribution is 0.598. The number of rotatable bonds is 3. The summed E-state index contributed by atoms with van der Waals surface area (Å²) in [6.45, 7) is 1.12. The molecule has 0 aliphatic carbocycles. The van der Waals surface area contributed by atoms with Gasteiger partial charge in [0.2, 0.25) is 0 Å². The van der Waals surface area contributed by atoms with Crippen molar-refractivity contribution in [1.29, 1.82) is 0 Å². The average Bonchev–Trinajstić information content (AvgIpc) is 2.73. The standard InChI is InChI=1S/C13H19FN2/c1-16(2)13-9-10(5-6-12(13)14)8-11-4-3-7-15-11/h5-6,9,11,15H,3-4,7-8H2,1-2H3. The first-order chi connectivity index (χ1) is 7.66. The Bertz CT molecular complexity index is 357. The van der Waals surface area contributed by atoms with Crippen molar-refractivity contribution in [3.05, 3.63) is 29.6 Å². The fourth-order valence-electron chi connectivity index (χ4n) is 2.24. The summed E-state index contributed by atoms with van der Waals surface area (Å²) in [7, 11) is 3.74. The van der Waals surface area contributed by atoms with E-state index in [0.29, 0.717) is 11.7 Å². The number of hydrogen-bond donors (Lipinski definition) is 1. The average molecular weight is 222 g/mol. The van der Waals surface area contributed by atoms with Gasteiger partial charge in [-0.1, -0.05) is 6.07 Å². The molecule has 3 heteroatoms. The summed E-state index contributed by atoms with van der Waals surface area (Å²) in [5.74, 6) is -0.145. The molecule has 1 aromatic rings. The highest BCUT2D eigenvalue weighted by Gasteiger charge is 2.15. The van der Waals surface area contributed by atoms with E-state index in [-0.39, 0.29) is 5.82 Å². The summed E-state index contributed by atoms with van der Waals surface area (Å²) < 4.78 is 13.5. The summed E-state index contributed by atoms with van der Waals surface area (Å²) in [6, 6.07) is 5.98. The summed E-state index contributed by atoms with van der Waals surface area (Å²) >= 11 is 0. The summed E-state index contributed by atoms with van der Waals surface area (Å²) in [5.41, 5.74) is 1.89. The van der Waals surface area contributed by atoms with E-state index < -0.39 is 0 Å². The van der Waals surface area contributed by atoms with Crippen molar-refractivity contribution < 1.29 is 4.39 Å². The van der Waals surface area contributed by atoms with Gasteiger partial charge in [-0.2, -0.15) is 0 Å². The van der Waals surface area contributed by atoms with Crippen LogP contribution in [0.1, 0.15) is 18.4 Å². The van der Waals surface area contributed by atoms with Crippen LogP contribution in [0.3, 0.4) is 0 Å². The molecule has 16 heavy (non-hydrogen) atoms. The zero-order chi connectivity index (χ0) is 11.5. The first-order valence-corrected chi connectivity index (χ1v) is 5.86. The van der Waals surface area contributed by atoms with Gasteiger partial charge in [-0.15, -0.1) is 0 Å². The van der Waals surface area contributed by atoms with Crippen molar-refractivity contribution in [2.45, 2.75) is 25.3 Å². The van der Waals surface area contributed by atoms with Gasteiger partial charge in [0.1, 0.15) is 5.82 Å². The third kappa shape index (κ3) is 2.53. The number of benzene rings is 1. The summed E-state index contributed by atoms with van der Waals surface area (Å²) in [4.78, 5) is 1.82. The smallest absolute Gasteiger partial charge is 0.146 e. The number of halogens is 1. The van der Waals surface area contributed by atoms with Crippen molar-refractivity contribution >= 4 is 5.69 Å². The monoisotopic (exact) mass is 222 g/mol. The van der Waals surface area contributed by atoms with Gasteiger partial charge < -0.3 is 10.2 Å². The minimum absolute atomic E-state index is 0.145. The predicted octanol–water partition coefficient (Wildman–Crippen LogP) is 2.19. The maximum atomic E-state index is 13.5. The molecule has 1 unspecified atom stereocenters. The first kappa shape index (κ1) is 11.4. The van der Waals surface area contributed by atoms with Crippen LogP contribution < -0.4 is 10.2 Å². The Labute approximate surface area is 96.5 Å². The number of nitrogens with zero attached hydrogens (tertiary/aromatic N) is 1. The van der Waals surface area contributed by atoms with Gasteiger partial charge in [0.15, 0.2) is 0 Å². The second-order valence-corrected chi connectivity index (χ2v) is 4.68. The molecule has 1 N–H and O–H groups in total. The molecule has 1 atom stereocenters. The zero-order valence-corrected chi connectivity index (χ0v) is 9.96. The van der Waals surface area contributed by atoms with Crippen LogP contribution in [0.5, 0.6) is 0 Å². The van der Waals surface area contributed by atoms with Gasteiger partial charge in [0.05, 0.1) is 5.69 Å². The van der Waals surface area contributed by atoms with Gasteiger partial charge >= 0.3 is 0 Å².